The van der Waals surface area contributed by atoms with Gasteiger partial charge >= 0.3 is 5.97 Å². The SMILES string of the molecule is C[C@H]1CC[C@H]2C(=O)N(c3cccc(C(=O)Oc4ccc(Cl)cc4Cl)c3)C(=O)[C@@H]2C1. The van der Waals surface area contributed by atoms with Gasteiger partial charge in [-0.05, 0) is 61.6 Å². The van der Waals surface area contributed by atoms with Crippen molar-refractivity contribution < 1.29 is 19.1 Å². The fourth-order valence-electron chi connectivity index (χ4n) is 4.13. The largest absolute Gasteiger partial charge is 0.421 e. The molecule has 1 saturated carbocycles. The molecular formula is C22H19Cl2NO4. The van der Waals surface area contributed by atoms with E-state index < -0.39 is 5.97 Å². The lowest BCUT2D eigenvalue weighted by Crippen LogP contribution is -2.31. The van der Waals surface area contributed by atoms with Crippen LogP contribution in [0.2, 0.25) is 10.0 Å². The van der Waals surface area contributed by atoms with Crippen LogP contribution in [0.4, 0.5) is 5.69 Å². The Morgan fingerprint density at radius 3 is 2.55 bits per heavy atom. The number of carbonyl (C=O) groups is 3. The van der Waals surface area contributed by atoms with Crippen LogP contribution in [0.3, 0.4) is 0 Å². The first-order chi connectivity index (χ1) is 13.8. The van der Waals surface area contributed by atoms with Crippen molar-refractivity contribution in [3.05, 3.63) is 58.1 Å². The minimum Gasteiger partial charge on any atom is -0.421 e. The molecule has 0 unspecified atom stereocenters. The topological polar surface area (TPSA) is 63.7 Å². The molecule has 1 aliphatic heterocycles. The van der Waals surface area contributed by atoms with Crippen LogP contribution in [0.25, 0.3) is 0 Å². The smallest absolute Gasteiger partial charge is 0.343 e. The standard InChI is InChI=1S/C22H19Cl2NO4/c1-12-5-7-16-17(9-12)21(27)25(20(16)26)15-4-2-3-13(10-15)22(28)29-19-8-6-14(23)11-18(19)24/h2-4,6,8,10-12,16-17H,5,7,9H2,1H3/t12-,16+,17+/m0/s1. The normalized spacial score (nSPS) is 23.8. The second-order valence-electron chi connectivity index (χ2n) is 7.66. The summed E-state index contributed by atoms with van der Waals surface area (Å²) in [7, 11) is 0. The van der Waals surface area contributed by atoms with Gasteiger partial charge in [0.05, 0.1) is 28.1 Å². The molecule has 29 heavy (non-hydrogen) atoms. The minimum absolute atomic E-state index is 0.180. The van der Waals surface area contributed by atoms with Gasteiger partial charge in [0.1, 0.15) is 5.75 Å². The molecule has 7 heteroatoms. The Hall–Kier alpha value is -2.37. The van der Waals surface area contributed by atoms with E-state index in [4.69, 9.17) is 27.9 Å². The monoisotopic (exact) mass is 431 g/mol. The molecular weight excluding hydrogens is 413 g/mol. The van der Waals surface area contributed by atoms with E-state index in [1.807, 2.05) is 0 Å². The summed E-state index contributed by atoms with van der Waals surface area (Å²) in [6, 6.07) is 10.9. The number of benzene rings is 2. The molecule has 1 aliphatic carbocycles. The van der Waals surface area contributed by atoms with Crippen LogP contribution >= 0.6 is 23.2 Å². The molecule has 0 radical (unpaired) electrons. The van der Waals surface area contributed by atoms with Gasteiger partial charge < -0.3 is 4.74 Å². The van der Waals surface area contributed by atoms with Crippen LogP contribution in [0.5, 0.6) is 5.75 Å². The van der Waals surface area contributed by atoms with E-state index in [2.05, 4.69) is 6.92 Å². The van der Waals surface area contributed by atoms with E-state index in [-0.39, 0.29) is 40.0 Å². The third-order valence-electron chi connectivity index (χ3n) is 5.62. The molecule has 1 saturated heterocycles. The maximum Gasteiger partial charge on any atom is 0.343 e. The lowest BCUT2D eigenvalue weighted by Gasteiger charge is -2.25. The zero-order valence-corrected chi connectivity index (χ0v) is 17.2. The highest BCUT2D eigenvalue weighted by Crippen LogP contribution is 2.42. The number of imide groups is 1. The molecule has 2 aromatic carbocycles. The minimum atomic E-state index is -0.638. The summed E-state index contributed by atoms with van der Waals surface area (Å²) in [5, 5.41) is 0.642. The second kappa shape index (κ2) is 7.81. The molecule has 0 bridgehead atoms. The van der Waals surface area contributed by atoms with Crippen LogP contribution in [-0.4, -0.2) is 17.8 Å². The summed E-state index contributed by atoms with van der Waals surface area (Å²) in [6.07, 6.45) is 2.40. The van der Waals surface area contributed by atoms with Crippen molar-refractivity contribution in [1.29, 1.82) is 0 Å². The van der Waals surface area contributed by atoms with Crippen LogP contribution in [0, 0.1) is 17.8 Å². The quantitative estimate of drug-likeness (QED) is 0.383. The summed E-state index contributed by atoms with van der Waals surface area (Å²) in [4.78, 5) is 39.6. The Morgan fingerprint density at radius 1 is 1.03 bits per heavy atom. The Labute approximate surface area is 178 Å². The first-order valence-corrected chi connectivity index (χ1v) is 10.3. The molecule has 2 aliphatic rings. The lowest BCUT2D eigenvalue weighted by molar-refractivity contribution is -0.122. The number of hydrogen-bond donors (Lipinski definition) is 0. The second-order valence-corrected chi connectivity index (χ2v) is 8.50. The van der Waals surface area contributed by atoms with E-state index in [1.54, 1.807) is 24.3 Å². The van der Waals surface area contributed by atoms with Gasteiger partial charge in [0.15, 0.2) is 0 Å². The van der Waals surface area contributed by atoms with E-state index in [9.17, 15) is 14.4 Å². The number of nitrogens with zero attached hydrogens (tertiary/aromatic N) is 1. The molecule has 1 heterocycles. The van der Waals surface area contributed by atoms with Crippen molar-refractivity contribution in [2.24, 2.45) is 17.8 Å². The van der Waals surface area contributed by atoms with Crippen LogP contribution < -0.4 is 9.64 Å². The van der Waals surface area contributed by atoms with Crippen LogP contribution in [0.15, 0.2) is 42.5 Å². The third kappa shape index (κ3) is 3.77. The molecule has 5 nitrogen and oxygen atoms in total. The molecule has 2 amide bonds. The highest BCUT2D eigenvalue weighted by Gasteiger charge is 2.50. The van der Waals surface area contributed by atoms with E-state index in [1.165, 1.54) is 23.1 Å². The highest BCUT2D eigenvalue weighted by molar-refractivity contribution is 6.35. The molecule has 2 fully saturated rings. The summed E-state index contributed by atoms with van der Waals surface area (Å²) in [6.45, 7) is 2.11. The number of halogens is 2. The maximum atomic E-state index is 12.9. The molecule has 150 valence electrons. The van der Waals surface area contributed by atoms with Gasteiger partial charge in [-0.2, -0.15) is 0 Å². The average molecular weight is 432 g/mol. The van der Waals surface area contributed by atoms with Crippen molar-refractivity contribution >= 4 is 46.7 Å². The van der Waals surface area contributed by atoms with Gasteiger partial charge in [-0.1, -0.05) is 36.2 Å². The van der Waals surface area contributed by atoms with Crippen molar-refractivity contribution in [2.75, 3.05) is 4.90 Å². The van der Waals surface area contributed by atoms with Crippen molar-refractivity contribution in [3.63, 3.8) is 0 Å². The summed E-state index contributed by atoms with van der Waals surface area (Å²) in [5.41, 5.74) is 0.607. The predicted octanol–water partition coefficient (Wildman–Crippen LogP) is 5.14. The highest BCUT2D eigenvalue weighted by atomic mass is 35.5. The Bertz CT molecular complexity index is 1010. The van der Waals surface area contributed by atoms with E-state index in [0.29, 0.717) is 16.6 Å². The lowest BCUT2D eigenvalue weighted by atomic mass is 9.76. The zero-order chi connectivity index (χ0) is 20.7. The maximum absolute atomic E-state index is 12.9. The van der Waals surface area contributed by atoms with E-state index >= 15 is 0 Å². The van der Waals surface area contributed by atoms with Gasteiger partial charge in [0.2, 0.25) is 11.8 Å². The fraction of sp³-hybridized carbons (Fsp3) is 0.318. The van der Waals surface area contributed by atoms with Gasteiger partial charge in [-0.25, -0.2) is 4.79 Å². The fourth-order valence-corrected chi connectivity index (χ4v) is 4.58. The number of ether oxygens (including phenoxy) is 1. The van der Waals surface area contributed by atoms with Crippen molar-refractivity contribution in [1.82, 2.24) is 0 Å². The summed E-state index contributed by atoms with van der Waals surface area (Å²) >= 11 is 11.9. The molecule has 0 spiro atoms. The van der Waals surface area contributed by atoms with Gasteiger partial charge in [-0.3, -0.25) is 14.5 Å². The number of esters is 1. The molecule has 3 atom stereocenters. The number of anilines is 1. The first kappa shape index (κ1) is 19.9. The number of carbonyl (C=O) groups excluding carboxylic acids is 3. The summed E-state index contributed by atoms with van der Waals surface area (Å²) < 4.78 is 5.35. The predicted molar refractivity (Wildman–Crippen MR) is 110 cm³/mol. The molecule has 0 aromatic heterocycles. The number of fused-ring (bicyclic) bond motifs is 1. The molecule has 2 aromatic rings. The van der Waals surface area contributed by atoms with Crippen LogP contribution in [0.1, 0.15) is 36.5 Å². The first-order valence-electron chi connectivity index (χ1n) is 9.50. The molecule has 4 rings (SSSR count). The summed E-state index contributed by atoms with van der Waals surface area (Å²) in [5.74, 6) is -0.924. The van der Waals surface area contributed by atoms with Crippen molar-refractivity contribution in [2.45, 2.75) is 26.2 Å². The number of hydrogen-bond acceptors (Lipinski definition) is 4. The average Bonchev–Trinajstić information content (AvgIpc) is 2.94. The third-order valence-corrected chi connectivity index (χ3v) is 6.15. The Morgan fingerprint density at radius 2 is 1.79 bits per heavy atom. The van der Waals surface area contributed by atoms with Crippen LogP contribution in [-0.2, 0) is 9.59 Å². The zero-order valence-electron chi connectivity index (χ0n) is 15.7. The van der Waals surface area contributed by atoms with Gasteiger partial charge in [0, 0.05) is 5.02 Å². The van der Waals surface area contributed by atoms with Crippen molar-refractivity contribution in [3.8, 4) is 5.75 Å². The molecule has 0 N–H and O–H groups in total. The number of amides is 2. The number of rotatable bonds is 3. The van der Waals surface area contributed by atoms with Gasteiger partial charge in [-0.15, -0.1) is 0 Å². The van der Waals surface area contributed by atoms with E-state index in [0.717, 1.165) is 19.3 Å². The Balaban J connectivity index is 1.58. The van der Waals surface area contributed by atoms with Gasteiger partial charge in [0.25, 0.3) is 0 Å². The Kier molecular flexibility index (Phi) is 5.36.